The molecule has 1 amide bonds. The van der Waals surface area contributed by atoms with Crippen molar-refractivity contribution in [1.29, 1.82) is 0 Å². The molecule has 0 saturated carbocycles. The highest BCUT2D eigenvalue weighted by Crippen LogP contribution is 2.30. The van der Waals surface area contributed by atoms with Gasteiger partial charge >= 0.3 is 0 Å². The lowest BCUT2D eigenvalue weighted by atomic mass is 10.2. The molecule has 2 heterocycles. The summed E-state index contributed by atoms with van der Waals surface area (Å²) in [6.45, 7) is 0. The molecule has 0 aliphatic carbocycles. The molecule has 0 fully saturated rings. The molecule has 0 bridgehead atoms. The van der Waals surface area contributed by atoms with Crippen molar-refractivity contribution in [3.63, 3.8) is 0 Å². The Morgan fingerprint density at radius 3 is 2.67 bits per heavy atom. The molecule has 3 N–H and O–H groups in total. The highest BCUT2D eigenvalue weighted by Gasteiger charge is 2.12. The van der Waals surface area contributed by atoms with Gasteiger partial charge in [0.25, 0.3) is 5.91 Å². The Hall–Kier alpha value is -2.71. The number of carbonyl (C=O) groups is 1. The first-order valence-electron chi connectivity index (χ1n) is 7.04. The van der Waals surface area contributed by atoms with E-state index in [-0.39, 0.29) is 5.91 Å². The van der Waals surface area contributed by atoms with Crippen LogP contribution in [0.15, 0.2) is 36.4 Å². The lowest BCUT2D eigenvalue weighted by molar-refractivity contribution is 0.102. The summed E-state index contributed by atoms with van der Waals surface area (Å²) in [7, 11) is 1.62. The van der Waals surface area contributed by atoms with Crippen molar-refractivity contribution >= 4 is 59.3 Å². The molecule has 8 heteroatoms. The number of methoxy groups -OCH3 is 1. The van der Waals surface area contributed by atoms with E-state index in [0.29, 0.717) is 15.8 Å². The van der Waals surface area contributed by atoms with Gasteiger partial charge in [-0.2, -0.15) is 0 Å². The SMILES string of the molecule is COc1ccc2nc(NC(=O)c3ccc4nc(N)sc4c3)sc2c1. The minimum atomic E-state index is -0.213. The number of rotatable bonds is 3. The van der Waals surface area contributed by atoms with Crippen LogP contribution < -0.4 is 15.8 Å². The molecule has 6 nitrogen and oxygen atoms in total. The number of carbonyl (C=O) groups excluding carboxylic acids is 1. The molecule has 4 rings (SSSR count). The third kappa shape index (κ3) is 2.66. The zero-order valence-electron chi connectivity index (χ0n) is 12.6. The molecular formula is C16H12N4O2S2. The maximum atomic E-state index is 12.4. The molecule has 0 aliphatic rings. The Balaban J connectivity index is 1.62. The van der Waals surface area contributed by atoms with Crippen molar-refractivity contribution < 1.29 is 9.53 Å². The van der Waals surface area contributed by atoms with Crippen LogP contribution in [0.25, 0.3) is 20.4 Å². The fourth-order valence-electron chi connectivity index (χ4n) is 2.34. The molecule has 120 valence electrons. The largest absolute Gasteiger partial charge is 0.497 e. The molecule has 24 heavy (non-hydrogen) atoms. The summed E-state index contributed by atoms with van der Waals surface area (Å²) >= 11 is 2.76. The van der Waals surface area contributed by atoms with Crippen LogP contribution in [0, 0.1) is 0 Å². The van der Waals surface area contributed by atoms with E-state index in [1.165, 1.54) is 22.7 Å². The summed E-state index contributed by atoms with van der Waals surface area (Å²) in [5.41, 5.74) is 7.85. The summed E-state index contributed by atoms with van der Waals surface area (Å²) in [4.78, 5) is 21.1. The van der Waals surface area contributed by atoms with Gasteiger partial charge in [0.15, 0.2) is 10.3 Å². The first kappa shape index (κ1) is 14.9. The molecule has 0 atom stereocenters. The van der Waals surface area contributed by atoms with Gasteiger partial charge in [-0.05, 0) is 36.4 Å². The number of nitrogens with one attached hydrogen (secondary N) is 1. The van der Waals surface area contributed by atoms with Gasteiger partial charge in [0.05, 0.1) is 27.5 Å². The number of nitrogens with zero attached hydrogens (tertiary/aromatic N) is 2. The average Bonchev–Trinajstić information content (AvgIpc) is 3.14. The van der Waals surface area contributed by atoms with Crippen molar-refractivity contribution in [3.05, 3.63) is 42.0 Å². The molecule has 0 aliphatic heterocycles. The number of thiazole rings is 2. The monoisotopic (exact) mass is 356 g/mol. The molecule has 0 unspecified atom stereocenters. The van der Waals surface area contributed by atoms with Crippen molar-refractivity contribution in [2.24, 2.45) is 0 Å². The summed E-state index contributed by atoms with van der Waals surface area (Å²) in [6, 6.07) is 10.9. The number of nitrogens with two attached hydrogens (primary N) is 1. The minimum Gasteiger partial charge on any atom is -0.497 e. The second kappa shape index (κ2) is 5.73. The first-order valence-corrected chi connectivity index (χ1v) is 8.68. The lowest BCUT2D eigenvalue weighted by Crippen LogP contribution is -2.11. The van der Waals surface area contributed by atoms with E-state index in [1.807, 2.05) is 18.2 Å². The quantitative estimate of drug-likeness (QED) is 0.583. The Bertz CT molecular complexity index is 1070. The van der Waals surface area contributed by atoms with Gasteiger partial charge < -0.3 is 10.5 Å². The van der Waals surface area contributed by atoms with E-state index in [4.69, 9.17) is 10.5 Å². The van der Waals surface area contributed by atoms with E-state index in [0.717, 1.165) is 26.2 Å². The van der Waals surface area contributed by atoms with E-state index in [1.54, 1.807) is 25.3 Å². The maximum Gasteiger partial charge on any atom is 0.257 e. The highest BCUT2D eigenvalue weighted by molar-refractivity contribution is 7.22. The molecular weight excluding hydrogens is 344 g/mol. The van der Waals surface area contributed by atoms with Crippen molar-refractivity contribution in [1.82, 2.24) is 9.97 Å². The van der Waals surface area contributed by atoms with E-state index in [9.17, 15) is 4.79 Å². The Labute approximate surface area is 144 Å². The number of ether oxygens (including phenoxy) is 1. The van der Waals surface area contributed by atoms with E-state index < -0.39 is 0 Å². The van der Waals surface area contributed by atoms with Crippen molar-refractivity contribution in [2.45, 2.75) is 0 Å². The average molecular weight is 356 g/mol. The van der Waals surface area contributed by atoms with E-state index >= 15 is 0 Å². The van der Waals surface area contributed by atoms with E-state index in [2.05, 4.69) is 15.3 Å². The van der Waals surface area contributed by atoms with Crippen LogP contribution in [0.2, 0.25) is 0 Å². The second-order valence-electron chi connectivity index (χ2n) is 5.04. The number of fused-ring (bicyclic) bond motifs is 2. The third-order valence-corrected chi connectivity index (χ3v) is 5.26. The van der Waals surface area contributed by atoms with Crippen LogP contribution in [0.3, 0.4) is 0 Å². The van der Waals surface area contributed by atoms with Gasteiger partial charge in [0.2, 0.25) is 0 Å². The number of anilines is 2. The van der Waals surface area contributed by atoms with Crippen molar-refractivity contribution in [2.75, 3.05) is 18.2 Å². The maximum absolute atomic E-state index is 12.4. The highest BCUT2D eigenvalue weighted by atomic mass is 32.1. The predicted molar refractivity (Wildman–Crippen MR) is 98.2 cm³/mol. The fourth-order valence-corrected chi connectivity index (χ4v) is 4.00. The van der Waals surface area contributed by atoms with Gasteiger partial charge in [-0.25, -0.2) is 9.97 Å². The third-order valence-electron chi connectivity index (χ3n) is 3.48. The first-order chi connectivity index (χ1) is 11.6. The van der Waals surface area contributed by atoms with Gasteiger partial charge in [0.1, 0.15) is 5.75 Å². The van der Waals surface area contributed by atoms with Crippen LogP contribution in [-0.2, 0) is 0 Å². The molecule has 0 saturated heterocycles. The molecule has 0 spiro atoms. The van der Waals surface area contributed by atoms with Crippen molar-refractivity contribution in [3.8, 4) is 5.75 Å². The number of hydrogen-bond acceptors (Lipinski definition) is 7. The number of aromatic nitrogens is 2. The topological polar surface area (TPSA) is 90.1 Å². The summed E-state index contributed by atoms with van der Waals surface area (Å²) < 4.78 is 7.04. The number of hydrogen-bond donors (Lipinski definition) is 2. The summed E-state index contributed by atoms with van der Waals surface area (Å²) in [5.74, 6) is 0.548. The predicted octanol–water partition coefficient (Wildman–Crippen LogP) is 3.75. The van der Waals surface area contributed by atoms with Gasteiger partial charge in [-0.1, -0.05) is 22.7 Å². The molecule has 2 aromatic carbocycles. The normalized spacial score (nSPS) is 11.0. The Kier molecular flexibility index (Phi) is 3.55. The van der Waals surface area contributed by atoms with Gasteiger partial charge in [-0.15, -0.1) is 0 Å². The lowest BCUT2D eigenvalue weighted by Gasteiger charge is -2.01. The molecule has 4 aromatic rings. The molecule has 0 radical (unpaired) electrons. The minimum absolute atomic E-state index is 0.213. The second-order valence-corrected chi connectivity index (χ2v) is 7.13. The number of benzene rings is 2. The zero-order valence-corrected chi connectivity index (χ0v) is 14.2. The van der Waals surface area contributed by atoms with Gasteiger partial charge in [-0.3, -0.25) is 10.1 Å². The van der Waals surface area contributed by atoms with Crippen LogP contribution in [-0.4, -0.2) is 23.0 Å². The van der Waals surface area contributed by atoms with Crippen LogP contribution in [0.4, 0.5) is 10.3 Å². The standard InChI is InChI=1S/C16H12N4O2S2/c1-22-9-3-5-11-13(7-9)24-16(19-11)20-14(21)8-2-4-10-12(6-8)23-15(17)18-10/h2-7H,1H3,(H2,17,18)(H,19,20,21). The molecule has 2 aromatic heterocycles. The van der Waals surface area contributed by atoms with Crippen LogP contribution >= 0.6 is 22.7 Å². The smallest absolute Gasteiger partial charge is 0.257 e. The van der Waals surface area contributed by atoms with Crippen LogP contribution in [0.5, 0.6) is 5.75 Å². The zero-order chi connectivity index (χ0) is 16.7. The number of amides is 1. The Morgan fingerprint density at radius 2 is 1.83 bits per heavy atom. The Morgan fingerprint density at radius 1 is 1.08 bits per heavy atom. The summed E-state index contributed by atoms with van der Waals surface area (Å²) in [5, 5.41) is 3.87. The number of nitrogen functional groups attached to an aromatic ring is 1. The fraction of sp³-hybridized carbons (Fsp3) is 0.0625. The summed E-state index contributed by atoms with van der Waals surface area (Å²) in [6.07, 6.45) is 0. The van der Waals surface area contributed by atoms with Gasteiger partial charge in [0, 0.05) is 5.56 Å². The van der Waals surface area contributed by atoms with Crippen LogP contribution in [0.1, 0.15) is 10.4 Å².